The number of rotatable bonds is 0. The smallest absolute Gasteiger partial charge is 0.244 e. The zero-order valence-corrected chi connectivity index (χ0v) is 13.5. The molecule has 1 aromatic heterocycles. The Morgan fingerprint density at radius 3 is 2.28 bits per heavy atom. The number of aromatic amines is 1. The van der Waals surface area contributed by atoms with E-state index in [1.165, 1.54) is 0 Å². The Kier molecular flexibility index (Phi) is 2.51. The van der Waals surface area contributed by atoms with Gasteiger partial charge in [-0.15, -0.1) is 5.10 Å². The fourth-order valence-corrected chi connectivity index (χ4v) is 4.30. The maximum Gasteiger partial charge on any atom is 0.244 e. The number of hydrogen-bond acceptors (Lipinski definition) is 4. The first-order chi connectivity index (χ1) is 12.2. The standard InChI is InChI=1S/C20H14N4O/c1-11-17-19(24-23-11)25-18(22)16(10-21)20(17)14-8-4-2-6-12(14)13-7-3-5-9-15(13)20/h2-9H,22H2,1H3,(H,23,24). The van der Waals surface area contributed by atoms with Crippen molar-refractivity contribution in [1.29, 1.82) is 5.26 Å². The third kappa shape index (κ3) is 1.45. The summed E-state index contributed by atoms with van der Waals surface area (Å²) in [6.45, 7) is 1.94. The van der Waals surface area contributed by atoms with Crippen LogP contribution in [0, 0.1) is 18.3 Å². The molecule has 0 unspecified atom stereocenters. The van der Waals surface area contributed by atoms with Crippen LogP contribution in [0.4, 0.5) is 0 Å². The Morgan fingerprint density at radius 1 is 1.08 bits per heavy atom. The summed E-state index contributed by atoms with van der Waals surface area (Å²) in [6.07, 6.45) is 0. The molecule has 1 aliphatic heterocycles. The van der Waals surface area contributed by atoms with E-state index in [0.717, 1.165) is 33.5 Å². The zero-order chi connectivity index (χ0) is 17.2. The van der Waals surface area contributed by atoms with Crippen molar-refractivity contribution < 1.29 is 4.74 Å². The first kappa shape index (κ1) is 13.9. The van der Waals surface area contributed by atoms with E-state index in [1.807, 2.05) is 31.2 Å². The topological polar surface area (TPSA) is 87.7 Å². The largest absolute Gasteiger partial charge is 0.420 e. The van der Waals surface area contributed by atoms with Gasteiger partial charge < -0.3 is 10.5 Å². The van der Waals surface area contributed by atoms with Crippen molar-refractivity contribution in [2.75, 3.05) is 0 Å². The molecule has 2 heterocycles. The molecule has 0 fully saturated rings. The molecule has 1 aliphatic carbocycles. The lowest BCUT2D eigenvalue weighted by molar-refractivity contribution is 0.367. The molecule has 5 nitrogen and oxygen atoms in total. The van der Waals surface area contributed by atoms with Crippen LogP contribution >= 0.6 is 0 Å². The van der Waals surface area contributed by atoms with E-state index in [9.17, 15) is 5.26 Å². The molecule has 120 valence electrons. The van der Waals surface area contributed by atoms with Gasteiger partial charge in [-0.2, -0.15) is 5.26 Å². The van der Waals surface area contributed by atoms with Gasteiger partial charge in [-0.1, -0.05) is 48.5 Å². The summed E-state index contributed by atoms with van der Waals surface area (Å²) in [5.74, 6) is 0.536. The monoisotopic (exact) mass is 326 g/mol. The van der Waals surface area contributed by atoms with Crippen molar-refractivity contribution in [2.45, 2.75) is 12.3 Å². The second-order valence-corrected chi connectivity index (χ2v) is 6.32. The van der Waals surface area contributed by atoms with Crippen molar-refractivity contribution in [2.24, 2.45) is 5.73 Å². The van der Waals surface area contributed by atoms with Crippen molar-refractivity contribution in [3.63, 3.8) is 0 Å². The lowest BCUT2D eigenvalue weighted by Crippen LogP contribution is -2.36. The number of nitrogens with one attached hydrogen (secondary N) is 1. The molecule has 0 amide bonds. The quantitative estimate of drug-likeness (QED) is 0.664. The molecule has 3 aromatic rings. The second kappa shape index (κ2) is 4.52. The Morgan fingerprint density at radius 2 is 1.68 bits per heavy atom. The van der Waals surface area contributed by atoms with E-state index >= 15 is 0 Å². The number of aryl methyl sites for hydroxylation is 1. The summed E-state index contributed by atoms with van der Waals surface area (Å²) in [7, 11) is 0. The van der Waals surface area contributed by atoms with Crippen LogP contribution in [-0.4, -0.2) is 10.2 Å². The lowest BCUT2D eigenvalue weighted by atomic mass is 9.66. The minimum atomic E-state index is -0.795. The Labute approximate surface area is 144 Å². The molecule has 25 heavy (non-hydrogen) atoms. The van der Waals surface area contributed by atoms with Crippen molar-refractivity contribution in [3.8, 4) is 23.1 Å². The first-order valence-electron chi connectivity index (χ1n) is 8.02. The van der Waals surface area contributed by atoms with Gasteiger partial charge in [0.25, 0.3) is 0 Å². The van der Waals surface area contributed by atoms with Gasteiger partial charge in [-0.3, -0.25) is 5.10 Å². The third-order valence-electron chi connectivity index (χ3n) is 5.18. The molecule has 3 N–H and O–H groups in total. The predicted molar refractivity (Wildman–Crippen MR) is 92.5 cm³/mol. The summed E-state index contributed by atoms with van der Waals surface area (Å²) in [5.41, 5.74) is 11.8. The highest BCUT2D eigenvalue weighted by Crippen LogP contribution is 2.59. The van der Waals surface area contributed by atoms with E-state index in [4.69, 9.17) is 10.5 Å². The zero-order valence-electron chi connectivity index (χ0n) is 13.5. The van der Waals surface area contributed by atoms with Gasteiger partial charge in [0, 0.05) is 5.69 Å². The number of fused-ring (bicyclic) bond motifs is 7. The van der Waals surface area contributed by atoms with E-state index in [1.54, 1.807) is 0 Å². The second-order valence-electron chi connectivity index (χ2n) is 6.32. The minimum absolute atomic E-state index is 0.105. The van der Waals surface area contributed by atoms with Crippen LogP contribution < -0.4 is 10.5 Å². The normalized spacial score (nSPS) is 16.0. The van der Waals surface area contributed by atoms with Crippen LogP contribution in [0.25, 0.3) is 11.1 Å². The molecular weight excluding hydrogens is 312 g/mol. The molecule has 5 heteroatoms. The molecule has 0 saturated heterocycles. The SMILES string of the molecule is Cc1[nH]nc2c1C1(C(C#N)=C(N)O2)c2ccccc2-c2ccccc21. The van der Waals surface area contributed by atoms with Crippen molar-refractivity contribution in [1.82, 2.24) is 10.2 Å². The third-order valence-corrected chi connectivity index (χ3v) is 5.18. The van der Waals surface area contributed by atoms with Gasteiger partial charge in [0.05, 0.1) is 11.0 Å². The molecule has 0 atom stereocenters. The highest BCUT2D eigenvalue weighted by atomic mass is 16.5. The highest BCUT2D eigenvalue weighted by molar-refractivity contribution is 5.88. The van der Waals surface area contributed by atoms with E-state index in [2.05, 4.69) is 40.5 Å². The van der Waals surface area contributed by atoms with Gasteiger partial charge in [0.2, 0.25) is 11.8 Å². The van der Waals surface area contributed by atoms with Gasteiger partial charge in [0.1, 0.15) is 11.6 Å². The number of allylic oxidation sites excluding steroid dienone is 1. The number of benzene rings is 2. The Hall–Kier alpha value is -3.52. The molecular formula is C20H14N4O. The number of nitriles is 1. The molecule has 2 aliphatic rings. The van der Waals surface area contributed by atoms with Gasteiger partial charge in [-0.25, -0.2) is 0 Å². The van der Waals surface area contributed by atoms with E-state index < -0.39 is 5.41 Å². The van der Waals surface area contributed by atoms with Crippen molar-refractivity contribution in [3.05, 3.63) is 82.4 Å². The van der Waals surface area contributed by atoms with Crippen molar-refractivity contribution >= 4 is 0 Å². The van der Waals surface area contributed by atoms with E-state index in [0.29, 0.717) is 11.5 Å². The molecule has 5 rings (SSSR count). The van der Waals surface area contributed by atoms with Crippen LogP contribution in [0.15, 0.2) is 60.0 Å². The van der Waals surface area contributed by atoms with Crippen LogP contribution in [0.1, 0.15) is 22.4 Å². The summed E-state index contributed by atoms with van der Waals surface area (Å²) in [5, 5.41) is 17.3. The summed E-state index contributed by atoms with van der Waals surface area (Å²) in [6, 6.07) is 18.6. The average Bonchev–Trinajstić information content (AvgIpc) is 3.14. The molecule has 2 aromatic carbocycles. The summed E-state index contributed by atoms with van der Waals surface area (Å²) >= 11 is 0. The number of nitrogens with zero attached hydrogens (tertiary/aromatic N) is 2. The highest BCUT2D eigenvalue weighted by Gasteiger charge is 2.54. The molecule has 0 saturated carbocycles. The number of aromatic nitrogens is 2. The van der Waals surface area contributed by atoms with E-state index in [-0.39, 0.29) is 5.88 Å². The molecule has 0 radical (unpaired) electrons. The van der Waals surface area contributed by atoms with Crippen LogP contribution in [-0.2, 0) is 5.41 Å². The predicted octanol–water partition coefficient (Wildman–Crippen LogP) is 3.12. The van der Waals surface area contributed by atoms with Crippen LogP contribution in [0.5, 0.6) is 5.88 Å². The van der Waals surface area contributed by atoms with Gasteiger partial charge in [-0.05, 0) is 29.2 Å². The number of hydrogen-bond donors (Lipinski definition) is 2. The summed E-state index contributed by atoms with van der Waals surface area (Å²) in [4.78, 5) is 0. The Bertz CT molecular complexity index is 1070. The fraction of sp³-hybridized carbons (Fsp3) is 0.100. The summed E-state index contributed by atoms with van der Waals surface area (Å²) < 4.78 is 5.67. The lowest BCUT2D eigenvalue weighted by Gasteiger charge is -2.35. The molecule has 0 bridgehead atoms. The van der Waals surface area contributed by atoms with Crippen LogP contribution in [0.2, 0.25) is 0 Å². The van der Waals surface area contributed by atoms with Crippen LogP contribution in [0.3, 0.4) is 0 Å². The minimum Gasteiger partial charge on any atom is -0.420 e. The average molecular weight is 326 g/mol. The first-order valence-corrected chi connectivity index (χ1v) is 8.02. The number of ether oxygens (including phenoxy) is 1. The molecule has 1 spiro atoms. The van der Waals surface area contributed by atoms with Gasteiger partial charge >= 0.3 is 0 Å². The number of H-pyrrole nitrogens is 1. The fourth-order valence-electron chi connectivity index (χ4n) is 4.30. The maximum atomic E-state index is 9.99. The maximum absolute atomic E-state index is 9.99. The number of nitrogens with two attached hydrogens (primary N) is 1. The Balaban J connectivity index is 2.05. The van der Waals surface area contributed by atoms with Gasteiger partial charge in [0.15, 0.2) is 0 Å².